The van der Waals surface area contributed by atoms with Crippen LogP contribution in [0, 0.1) is 0 Å². The van der Waals surface area contributed by atoms with Crippen molar-refractivity contribution in [3.63, 3.8) is 0 Å². The number of carbonyl (C=O) groups is 1. The summed E-state index contributed by atoms with van der Waals surface area (Å²) >= 11 is 0. The van der Waals surface area contributed by atoms with Crippen molar-refractivity contribution in [2.24, 2.45) is 7.05 Å². The first-order chi connectivity index (χ1) is 17.1. The molecule has 0 spiro atoms. The van der Waals surface area contributed by atoms with E-state index in [1.807, 2.05) is 0 Å². The minimum atomic E-state index is -4.52. The van der Waals surface area contributed by atoms with Crippen LogP contribution in [0.4, 0.5) is 13.2 Å². The van der Waals surface area contributed by atoms with Crippen LogP contribution < -0.4 is 16.6 Å². The van der Waals surface area contributed by atoms with Gasteiger partial charge in [0.25, 0.3) is 11.5 Å². The monoisotopic (exact) mass is 499 g/mol. The minimum absolute atomic E-state index is 0.0225. The van der Waals surface area contributed by atoms with E-state index in [0.717, 1.165) is 48.9 Å². The zero-order valence-corrected chi connectivity index (χ0v) is 19.5. The fraction of sp³-hybridized carbons (Fsp3) is 0.360. The number of alkyl halides is 3. The molecule has 0 atom stereocenters. The summed E-state index contributed by atoms with van der Waals surface area (Å²) < 4.78 is 42.8. The molecule has 188 valence electrons. The Bertz CT molecular complexity index is 1590. The second-order valence-electron chi connectivity index (χ2n) is 9.18. The molecule has 1 aliphatic carbocycles. The normalized spacial score (nSPS) is 15.0. The summed E-state index contributed by atoms with van der Waals surface area (Å²) in [6.07, 6.45) is 0.558. The first-order valence-corrected chi connectivity index (χ1v) is 11.7. The molecule has 4 aromatic rings. The number of aryl methyl sites for hydroxylation is 1. The zero-order valence-electron chi connectivity index (χ0n) is 19.5. The lowest BCUT2D eigenvalue weighted by atomic mass is 9.95. The number of rotatable bonds is 4. The van der Waals surface area contributed by atoms with Crippen molar-refractivity contribution in [1.82, 2.24) is 24.1 Å². The topological polar surface area (TPSA) is 90.4 Å². The molecule has 5 rings (SSSR count). The first-order valence-electron chi connectivity index (χ1n) is 11.7. The summed E-state index contributed by atoms with van der Waals surface area (Å²) in [5, 5.41) is 7.47. The Morgan fingerprint density at radius 3 is 2.56 bits per heavy atom. The predicted octanol–water partition coefficient (Wildman–Crippen LogP) is 3.48. The van der Waals surface area contributed by atoms with Gasteiger partial charge in [-0.25, -0.2) is 13.9 Å². The molecular formula is C25H24F3N5O3. The van der Waals surface area contributed by atoms with Gasteiger partial charge in [0.2, 0.25) is 5.78 Å². The van der Waals surface area contributed by atoms with Gasteiger partial charge in [0, 0.05) is 18.7 Å². The maximum Gasteiger partial charge on any atom is 0.416 e. The van der Waals surface area contributed by atoms with Gasteiger partial charge in [-0.1, -0.05) is 31.4 Å². The van der Waals surface area contributed by atoms with Crippen molar-refractivity contribution in [2.45, 2.75) is 50.9 Å². The Morgan fingerprint density at radius 2 is 1.83 bits per heavy atom. The number of hydrogen-bond acceptors (Lipinski definition) is 4. The molecule has 2 heterocycles. The average molecular weight is 499 g/mol. The summed E-state index contributed by atoms with van der Waals surface area (Å²) in [5.74, 6) is -0.267. The van der Waals surface area contributed by atoms with E-state index in [2.05, 4.69) is 10.4 Å². The third-order valence-electron chi connectivity index (χ3n) is 6.69. The van der Waals surface area contributed by atoms with Gasteiger partial charge < -0.3 is 5.32 Å². The molecular weight excluding hydrogens is 475 g/mol. The van der Waals surface area contributed by atoms with Gasteiger partial charge in [0.15, 0.2) is 0 Å². The molecule has 36 heavy (non-hydrogen) atoms. The van der Waals surface area contributed by atoms with Gasteiger partial charge >= 0.3 is 11.9 Å². The lowest BCUT2D eigenvalue weighted by molar-refractivity contribution is -0.137. The highest BCUT2D eigenvalue weighted by Gasteiger charge is 2.30. The predicted molar refractivity (Wildman–Crippen MR) is 127 cm³/mol. The van der Waals surface area contributed by atoms with E-state index in [0.29, 0.717) is 5.56 Å². The Kier molecular flexibility index (Phi) is 5.93. The molecule has 1 fully saturated rings. The second kappa shape index (κ2) is 8.96. The van der Waals surface area contributed by atoms with Crippen molar-refractivity contribution in [3.8, 4) is 0 Å². The molecule has 1 saturated carbocycles. The number of aromatic nitrogens is 4. The number of carbonyl (C=O) groups excluding carboxylic acids is 1. The number of amides is 1. The molecule has 1 N–H and O–H groups in total. The van der Waals surface area contributed by atoms with Gasteiger partial charge in [-0.05, 0) is 48.7 Å². The molecule has 2 aromatic heterocycles. The van der Waals surface area contributed by atoms with Crippen LogP contribution in [0.1, 0.15) is 53.6 Å². The second-order valence-corrected chi connectivity index (χ2v) is 9.18. The maximum absolute atomic E-state index is 13.3. The van der Waals surface area contributed by atoms with Gasteiger partial charge in [-0.2, -0.15) is 13.2 Å². The molecule has 11 heteroatoms. The smallest absolute Gasteiger partial charge is 0.349 e. The Hall–Kier alpha value is -3.89. The average Bonchev–Trinajstić information content (AvgIpc) is 3.18. The summed E-state index contributed by atoms with van der Waals surface area (Å²) in [6.45, 7) is -0.220. The van der Waals surface area contributed by atoms with Crippen LogP contribution in [-0.2, 0) is 19.8 Å². The molecule has 0 saturated heterocycles. The quantitative estimate of drug-likeness (QED) is 0.466. The van der Waals surface area contributed by atoms with Gasteiger partial charge in [0.05, 0.1) is 23.0 Å². The van der Waals surface area contributed by atoms with Crippen LogP contribution >= 0.6 is 0 Å². The first kappa shape index (κ1) is 23.8. The van der Waals surface area contributed by atoms with Crippen LogP contribution in [0.15, 0.2) is 52.1 Å². The van der Waals surface area contributed by atoms with Crippen molar-refractivity contribution in [3.05, 3.63) is 80.0 Å². The fourth-order valence-electron chi connectivity index (χ4n) is 4.77. The largest absolute Gasteiger partial charge is 0.416 e. The van der Waals surface area contributed by atoms with Crippen LogP contribution in [0.2, 0.25) is 0 Å². The molecule has 0 radical (unpaired) electrons. The van der Waals surface area contributed by atoms with E-state index < -0.39 is 23.0 Å². The Labute approximate surface area is 203 Å². The van der Waals surface area contributed by atoms with Crippen LogP contribution in [0.25, 0.3) is 16.7 Å². The molecule has 1 amide bonds. The van der Waals surface area contributed by atoms with Crippen LogP contribution in [-0.4, -0.2) is 30.7 Å². The molecule has 8 nitrogen and oxygen atoms in total. The van der Waals surface area contributed by atoms with Crippen molar-refractivity contribution < 1.29 is 18.0 Å². The maximum atomic E-state index is 13.3. The number of nitrogens with one attached hydrogen (secondary N) is 1. The highest BCUT2D eigenvalue weighted by Crippen LogP contribution is 2.29. The van der Waals surface area contributed by atoms with Crippen molar-refractivity contribution in [2.75, 3.05) is 0 Å². The number of nitrogens with zero attached hydrogens (tertiary/aromatic N) is 4. The van der Waals surface area contributed by atoms with E-state index in [1.54, 1.807) is 6.07 Å². The zero-order chi connectivity index (χ0) is 25.6. The number of benzene rings is 2. The standard InChI is InChI=1S/C25H24F3N5O3/c1-31-22(35)19-11-10-16(21(34)29-18-8-3-2-4-9-18)13-20(19)33-23(31)30-32(24(33)36)14-15-6-5-7-17(12-15)25(26,27)28/h5-7,10-13,18H,2-4,8-9,14H2,1H3,(H,29,34). The number of hydrogen-bond donors (Lipinski definition) is 1. The molecule has 0 unspecified atom stereocenters. The van der Waals surface area contributed by atoms with E-state index in [1.165, 1.54) is 40.3 Å². The molecule has 0 aliphatic heterocycles. The van der Waals surface area contributed by atoms with Gasteiger partial charge in [-0.3, -0.25) is 14.2 Å². The molecule has 1 aliphatic rings. The van der Waals surface area contributed by atoms with Crippen LogP contribution in [0.3, 0.4) is 0 Å². The van der Waals surface area contributed by atoms with Crippen LogP contribution in [0.5, 0.6) is 0 Å². The van der Waals surface area contributed by atoms with E-state index >= 15 is 0 Å². The van der Waals surface area contributed by atoms with Gasteiger partial charge in [-0.15, -0.1) is 5.10 Å². The molecule has 2 aromatic carbocycles. The lowest BCUT2D eigenvalue weighted by Gasteiger charge is -2.22. The van der Waals surface area contributed by atoms with Crippen molar-refractivity contribution >= 4 is 22.6 Å². The number of fused-ring (bicyclic) bond motifs is 3. The Morgan fingerprint density at radius 1 is 1.08 bits per heavy atom. The lowest BCUT2D eigenvalue weighted by Crippen LogP contribution is -2.36. The number of halogens is 3. The Balaban J connectivity index is 1.58. The fourth-order valence-corrected chi connectivity index (χ4v) is 4.77. The van der Waals surface area contributed by atoms with E-state index in [9.17, 15) is 27.6 Å². The SMILES string of the molecule is Cn1c(=O)c2ccc(C(=O)NC3CCCCC3)cc2n2c(=O)n(Cc3cccc(C(F)(F)F)c3)nc12. The molecule has 0 bridgehead atoms. The highest BCUT2D eigenvalue weighted by molar-refractivity contribution is 5.98. The summed E-state index contributed by atoms with van der Waals surface area (Å²) in [4.78, 5) is 39.2. The van der Waals surface area contributed by atoms with E-state index in [4.69, 9.17) is 0 Å². The van der Waals surface area contributed by atoms with Crippen molar-refractivity contribution in [1.29, 1.82) is 0 Å². The third kappa shape index (κ3) is 4.29. The third-order valence-corrected chi connectivity index (χ3v) is 6.69. The summed E-state index contributed by atoms with van der Waals surface area (Å²) in [5.41, 5.74) is -1.12. The summed E-state index contributed by atoms with van der Waals surface area (Å²) in [7, 11) is 1.46. The minimum Gasteiger partial charge on any atom is -0.349 e. The van der Waals surface area contributed by atoms with Gasteiger partial charge in [0.1, 0.15) is 0 Å². The summed E-state index contributed by atoms with van der Waals surface area (Å²) in [6, 6.07) is 9.27. The van der Waals surface area contributed by atoms with E-state index in [-0.39, 0.29) is 40.7 Å². The highest BCUT2D eigenvalue weighted by atomic mass is 19.4.